The number of hydrogen-bond acceptors (Lipinski definition) is 7. The van der Waals surface area contributed by atoms with Crippen molar-refractivity contribution in [2.24, 2.45) is 0 Å². The lowest BCUT2D eigenvalue weighted by Crippen LogP contribution is -2.54. The van der Waals surface area contributed by atoms with E-state index in [9.17, 15) is 24.3 Å². The summed E-state index contributed by atoms with van der Waals surface area (Å²) in [6.07, 6.45) is -0.573. The highest BCUT2D eigenvalue weighted by Crippen LogP contribution is 2.23. The first-order valence-corrected chi connectivity index (χ1v) is 15.2. The van der Waals surface area contributed by atoms with Gasteiger partial charge >= 0.3 is 12.1 Å². The van der Waals surface area contributed by atoms with Crippen LogP contribution in [0.3, 0.4) is 0 Å². The molecule has 10 heteroatoms. The van der Waals surface area contributed by atoms with Crippen LogP contribution in [-0.4, -0.2) is 64.2 Å². The zero-order valence-corrected chi connectivity index (χ0v) is 27.6. The Morgan fingerprint density at radius 3 is 1.74 bits per heavy atom. The van der Waals surface area contributed by atoms with Gasteiger partial charge in [0.2, 0.25) is 11.8 Å². The normalized spacial score (nSPS) is 13.5. The molecule has 10 nitrogen and oxygen atoms in total. The molecule has 0 spiro atoms. The van der Waals surface area contributed by atoms with E-state index in [1.165, 1.54) is 24.1 Å². The monoisotopic (exact) mass is 631 g/mol. The Morgan fingerprint density at radius 1 is 0.696 bits per heavy atom. The second-order valence-electron chi connectivity index (χ2n) is 13.1. The van der Waals surface area contributed by atoms with Gasteiger partial charge in [-0.25, -0.2) is 9.59 Å². The second-order valence-corrected chi connectivity index (χ2v) is 13.1. The predicted molar refractivity (Wildman–Crippen MR) is 175 cm³/mol. The molecule has 0 heterocycles. The van der Waals surface area contributed by atoms with E-state index >= 15 is 0 Å². The number of ether oxygens (including phenoxy) is 2. The minimum absolute atomic E-state index is 0.0553. The number of carbonyl (C=O) groups is 4. The Hall–Kier alpha value is -4.86. The van der Waals surface area contributed by atoms with E-state index in [0.717, 1.165) is 5.56 Å². The maximum atomic E-state index is 14.2. The first-order chi connectivity index (χ1) is 21.5. The van der Waals surface area contributed by atoms with Crippen molar-refractivity contribution in [1.29, 1.82) is 0 Å². The number of carbonyl (C=O) groups excluding carboxylic acids is 4. The van der Waals surface area contributed by atoms with Gasteiger partial charge in [-0.2, -0.15) is 0 Å². The number of esters is 1. The number of likely N-dealkylation sites (N-methyl/N-ethyl adjacent to an activating group) is 1. The largest absolute Gasteiger partial charge is 0.508 e. The number of phenolic OH excluding ortho intramolecular Hbond substituents is 1. The fourth-order valence-corrected chi connectivity index (χ4v) is 4.74. The number of nitrogens with one attached hydrogen (secondary N) is 2. The Labute approximate surface area is 271 Å². The molecule has 0 saturated carbocycles. The van der Waals surface area contributed by atoms with Crippen molar-refractivity contribution in [3.05, 3.63) is 102 Å². The van der Waals surface area contributed by atoms with E-state index in [1.54, 1.807) is 84.0 Å². The molecule has 246 valence electrons. The minimum Gasteiger partial charge on any atom is -0.508 e. The molecule has 3 atom stereocenters. The summed E-state index contributed by atoms with van der Waals surface area (Å²) in [5.74, 6) is -1.73. The van der Waals surface area contributed by atoms with Gasteiger partial charge in [0.25, 0.3) is 0 Å². The summed E-state index contributed by atoms with van der Waals surface area (Å²) in [5.41, 5.74) is 0.365. The van der Waals surface area contributed by atoms with Crippen LogP contribution in [0.5, 0.6) is 5.75 Å². The number of benzene rings is 3. The maximum absolute atomic E-state index is 14.2. The fraction of sp³-hybridized carbons (Fsp3) is 0.389. The number of phenols is 1. The molecule has 0 saturated heterocycles. The minimum atomic E-state index is -1.17. The molecule has 3 aromatic carbocycles. The van der Waals surface area contributed by atoms with Crippen LogP contribution in [0.15, 0.2) is 84.9 Å². The average molecular weight is 632 g/mol. The Morgan fingerprint density at radius 2 is 1.20 bits per heavy atom. The molecule has 3 N–H and O–H groups in total. The zero-order valence-electron chi connectivity index (χ0n) is 27.6. The highest BCUT2D eigenvalue weighted by atomic mass is 16.6. The van der Waals surface area contributed by atoms with Gasteiger partial charge in [0.05, 0.1) is 0 Å². The third-order valence-corrected chi connectivity index (χ3v) is 6.75. The molecule has 0 radical (unpaired) electrons. The summed E-state index contributed by atoms with van der Waals surface area (Å²) in [4.78, 5) is 55.7. The van der Waals surface area contributed by atoms with Crippen molar-refractivity contribution < 1.29 is 33.8 Å². The van der Waals surface area contributed by atoms with Crippen LogP contribution in [0, 0.1) is 0 Å². The number of aromatic hydroxyl groups is 1. The molecule has 0 aromatic heterocycles. The lowest BCUT2D eigenvalue weighted by atomic mass is 10.00. The summed E-state index contributed by atoms with van der Waals surface area (Å²) in [6, 6.07) is 20.9. The van der Waals surface area contributed by atoms with Crippen LogP contribution in [0.4, 0.5) is 4.79 Å². The highest BCUT2D eigenvalue weighted by Gasteiger charge is 2.36. The van der Waals surface area contributed by atoms with Crippen LogP contribution in [-0.2, 0) is 36.7 Å². The van der Waals surface area contributed by atoms with Crippen molar-refractivity contribution in [2.45, 2.75) is 83.7 Å². The van der Waals surface area contributed by atoms with E-state index in [2.05, 4.69) is 10.6 Å². The summed E-state index contributed by atoms with van der Waals surface area (Å²) in [5, 5.41) is 15.2. The highest BCUT2D eigenvalue weighted by molar-refractivity contribution is 5.94. The molecule has 0 bridgehead atoms. The molecular formula is C36H45N3O7. The molecule has 3 aromatic rings. The number of amides is 3. The summed E-state index contributed by atoms with van der Waals surface area (Å²) < 4.78 is 11.1. The number of hydrogen-bond donors (Lipinski definition) is 3. The molecule has 3 amide bonds. The lowest BCUT2D eigenvalue weighted by molar-refractivity contribution is -0.159. The van der Waals surface area contributed by atoms with Crippen molar-refractivity contribution in [3.63, 3.8) is 0 Å². The Balaban J connectivity index is 1.96. The summed E-state index contributed by atoms with van der Waals surface area (Å²) >= 11 is 0. The molecule has 46 heavy (non-hydrogen) atoms. The SMILES string of the molecule is CN(C(=O)C(Cc1ccc(O)cc1)NC(=O)OC(C)(C)C)C(C(=O)NC(Cc1ccccc1)C(=O)OC(C)(C)C)c1ccccc1. The average Bonchev–Trinajstić information content (AvgIpc) is 2.96. The Kier molecular flexibility index (Phi) is 11.9. The predicted octanol–water partition coefficient (Wildman–Crippen LogP) is 5.10. The molecule has 3 rings (SSSR count). The van der Waals surface area contributed by atoms with E-state index < -0.39 is 53.2 Å². The summed E-state index contributed by atoms with van der Waals surface area (Å²) in [7, 11) is 1.47. The van der Waals surface area contributed by atoms with Gasteiger partial charge in [0.15, 0.2) is 0 Å². The van der Waals surface area contributed by atoms with E-state index in [4.69, 9.17) is 9.47 Å². The van der Waals surface area contributed by atoms with Crippen LogP contribution in [0.25, 0.3) is 0 Å². The van der Waals surface area contributed by atoms with Gasteiger partial charge in [-0.1, -0.05) is 72.8 Å². The van der Waals surface area contributed by atoms with E-state index in [-0.39, 0.29) is 18.6 Å². The second kappa shape index (κ2) is 15.4. The number of nitrogens with zero attached hydrogens (tertiary/aromatic N) is 1. The molecule has 0 fully saturated rings. The number of alkyl carbamates (subject to hydrolysis) is 1. The first kappa shape index (κ1) is 35.6. The third kappa shape index (κ3) is 11.3. The van der Waals surface area contributed by atoms with Gasteiger partial charge < -0.3 is 30.1 Å². The van der Waals surface area contributed by atoms with E-state index in [1.807, 2.05) is 30.3 Å². The van der Waals surface area contributed by atoms with Gasteiger partial charge in [-0.05, 0) is 70.4 Å². The molecular weight excluding hydrogens is 586 g/mol. The molecule has 3 unspecified atom stereocenters. The van der Waals surface area contributed by atoms with Gasteiger partial charge in [-0.3, -0.25) is 9.59 Å². The Bertz CT molecular complexity index is 1460. The fourth-order valence-electron chi connectivity index (χ4n) is 4.74. The van der Waals surface area contributed by atoms with Crippen LogP contribution in [0.1, 0.15) is 64.3 Å². The maximum Gasteiger partial charge on any atom is 0.408 e. The number of rotatable bonds is 11. The molecule has 0 aliphatic heterocycles. The smallest absolute Gasteiger partial charge is 0.408 e. The van der Waals surface area contributed by atoms with E-state index in [0.29, 0.717) is 11.1 Å². The van der Waals surface area contributed by atoms with Gasteiger partial charge in [-0.15, -0.1) is 0 Å². The molecule has 0 aliphatic rings. The van der Waals surface area contributed by atoms with Gasteiger partial charge in [0.1, 0.15) is 35.1 Å². The van der Waals surface area contributed by atoms with Crippen molar-refractivity contribution >= 4 is 23.9 Å². The van der Waals surface area contributed by atoms with Gasteiger partial charge in [0, 0.05) is 19.9 Å². The van der Waals surface area contributed by atoms with Crippen LogP contribution < -0.4 is 10.6 Å². The quantitative estimate of drug-likeness (QED) is 0.251. The third-order valence-electron chi connectivity index (χ3n) is 6.75. The summed E-state index contributed by atoms with van der Waals surface area (Å²) in [6.45, 7) is 10.4. The first-order valence-electron chi connectivity index (χ1n) is 15.2. The zero-order chi connectivity index (χ0) is 34.1. The van der Waals surface area contributed by atoms with Crippen LogP contribution in [0.2, 0.25) is 0 Å². The van der Waals surface area contributed by atoms with Crippen LogP contribution >= 0.6 is 0 Å². The topological polar surface area (TPSA) is 134 Å². The van der Waals surface area contributed by atoms with Crippen molar-refractivity contribution in [2.75, 3.05) is 7.05 Å². The van der Waals surface area contributed by atoms with Crippen molar-refractivity contribution in [3.8, 4) is 5.75 Å². The standard InChI is InChI=1S/C36H45N3O7/c1-35(2,3)45-33(43)29(23-24-14-10-8-11-15-24)37-31(41)30(26-16-12-9-13-17-26)39(7)32(42)28(38-34(44)46-36(4,5)6)22-25-18-20-27(40)21-19-25/h8-21,28-30,40H,22-23H2,1-7H3,(H,37,41)(H,38,44). The van der Waals surface area contributed by atoms with Crippen molar-refractivity contribution in [1.82, 2.24) is 15.5 Å². The lowest BCUT2D eigenvalue weighted by Gasteiger charge is -2.33. The molecule has 0 aliphatic carbocycles.